The predicted molar refractivity (Wildman–Crippen MR) is 80.2 cm³/mol. The highest BCUT2D eigenvalue weighted by Crippen LogP contribution is 2.24. The number of likely N-dealkylation sites (N-methyl/N-ethyl adjacent to an activating group) is 1. The molecule has 2 atom stereocenters. The number of non-ortho nitro benzene ring substituents is 1. The topological polar surface area (TPSA) is 75.5 Å². The van der Waals surface area contributed by atoms with Crippen molar-refractivity contribution in [2.45, 2.75) is 31.7 Å². The van der Waals surface area contributed by atoms with E-state index in [1.54, 1.807) is 12.1 Å². The van der Waals surface area contributed by atoms with Gasteiger partial charge in [0.1, 0.15) is 0 Å². The van der Waals surface area contributed by atoms with Crippen LogP contribution in [0.2, 0.25) is 0 Å². The van der Waals surface area contributed by atoms with Gasteiger partial charge in [0.2, 0.25) is 5.91 Å². The minimum absolute atomic E-state index is 0.0268. The number of rotatable bonds is 4. The molecular weight excluding hydrogens is 270 g/mol. The van der Waals surface area contributed by atoms with Gasteiger partial charge in [-0.1, -0.05) is 12.1 Å². The fourth-order valence-electron chi connectivity index (χ4n) is 2.74. The van der Waals surface area contributed by atoms with Crippen LogP contribution in [0.15, 0.2) is 24.3 Å². The second-order valence-electron chi connectivity index (χ2n) is 5.49. The third-order valence-corrected chi connectivity index (χ3v) is 4.09. The van der Waals surface area contributed by atoms with Crippen molar-refractivity contribution in [3.05, 3.63) is 39.9 Å². The molecule has 1 aromatic carbocycles. The molecule has 0 spiro atoms. The average molecular weight is 291 g/mol. The zero-order valence-corrected chi connectivity index (χ0v) is 12.4. The summed E-state index contributed by atoms with van der Waals surface area (Å²) in [6, 6.07) is 6.67. The van der Waals surface area contributed by atoms with Crippen molar-refractivity contribution < 1.29 is 9.72 Å². The first kappa shape index (κ1) is 15.4. The van der Waals surface area contributed by atoms with Crippen LogP contribution in [-0.4, -0.2) is 41.9 Å². The van der Waals surface area contributed by atoms with E-state index in [4.69, 9.17) is 0 Å². The van der Waals surface area contributed by atoms with Crippen molar-refractivity contribution in [2.75, 3.05) is 20.1 Å². The lowest BCUT2D eigenvalue weighted by molar-refractivity contribution is -0.384. The number of piperidine rings is 1. The maximum atomic E-state index is 12.6. The minimum Gasteiger partial charge on any atom is -0.341 e. The fourth-order valence-corrected chi connectivity index (χ4v) is 2.74. The smallest absolute Gasteiger partial charge is 0.269 e. The SMILES string of the molecule is CNC1CCCN(C(=O)C(C)c2cccc([N+](=O)[O-])c2)C1. The summed E-state index contributed by atoms with van der Waals surface area (Å²) in [6.07, 6.45) is 2.06. The molecule has 1 heterocycles. The molecule has 0 saturated carbocycles. The Morgan fingerprint density at radius 3 is 2.95 bits per heavy atom. The summed E-state index contributed by atoms with van der Waals surface area (Å²) in [5, 5.41) is 14.0. The molecule has 0 aliphatic carbocycles. The van der Waals surface area contributed by atoms with Crippen LogP contribution < -0.4 is 5.32 Å². The second-order valence-corrected chi connectivity index (χ2v) is 5.49. The highest BCUT2D eigenvalue weighted by atomic mass is 16.6. The van der Waals surface area contributed by atoms with Crippen molar-refractivity contribution in [2.24, 2.45) is 0 Å². The molecule has 0 bridgehead atoms. The maximum Gasteiger partial charge on any atom is 0.269 e. The highest BCUT2D eigenvalue weighted by molar-refractivity contribution is 5.83. The van der Waals surface area contributed by atoms with Gasteiger partial charge in [0.05, 0.1) is 10.8 Å². The fraction of sp³-hybridized carbons (Fsp3) is 0.533. The van der Waals surface area contributed by atoms with E-state index >= 15 is 0 Å². The Kier molecular flexibility index (Phi) is 4.90. The van der Waals surface area contributed by atoms with Gasteiger partial charge < -0.3 is 10.2 Å². The third-order valence-electron chi connectivity index (χ3n) is 4.09. The van der Waals surface area contributed by atoms with E-state index in [2.05, 4.69) is 5.32 Å². The van der Waals surface area contributed by atoms with Crippen LogP contribution in [0.1, 0.15) is 31.2 Å². The third kappa shape index (κ3) is 3.58. The van der Waals surface area contributed by atoms with Gasteiger partial charge in [-0.3, -0.25) is 14.9 Å². The Hall–Kier alpha value is -1.95. The monoisotopic (exact) mass is 291 g/mol. The maximum absolute atomic E-state index is 12.6. The van der Waals surface area contributed by atoms with Crippen LogP contribution in [0.3, 0.4) is 0 Å². The number of amides is 1. The van der Waals surface area contributed by atoms with E-state index in [0.29, 0.717) is 18.2 Å². The molecule has 2 rings (SSSR count). The Morgan fingerprint density at radius 2 is 2.29 bits per heavy atom. The summed E-state index contributed by atoms with van der Waals surface area (Å²) >= 11 is 0. The summed E-state index contributed by atoms with van der Waals surface area (Å²) < 4.78 is 0. The zero-order valence-electron chi connectivity index (χ0n) is 12.4. The standard InChI is InChI=1S/C15H21N3O3/c1-11(12-5-3-7-14(9-12)18(20)21)15(19)17-8-4-6-13(10-17)16-2/h3,5,7,9,11,13,16H,4,6,8,10H2,1-2H3. The van der Waals surface area contributed by atoms with Crippen LogP contribution in [0.25, 0.3) is 0 Å². The van der Waals surface area contributed by atoms with Crippen molar-refractivity contribution in [1.82, 2.24) is 10.2 Å². The lowest BCUT2D eigenvalue weighted by Crippen LogP contribution is -2.48. The number of hydrogen-bond donors (Lipinski definition) is 1. The van der Waals surface area contributed by atoms with Crippen LogP contribution in [-0.2, 0) is 4.79 Å². The number of nitrogens with one attached hydrogen (secondary N) is 1. The van der Waals surface area contributed by atoms with Gasteiger partial charge in [0, 0.05) is 31.3 Å². The van der Waals surface area contributed by atoms with E-state index in [-0.39, 0.29) is 17.5 Å². The minimum atomic E-state index is -0.432. The molecule has 6 heteroatoms. The number of benzene rings is 1. The number of likely N-dealkylation sites (tertiary alicyclic amines) is 1. The van der Waals surface area contributed by atoms with Crippen molar-refractivity contribution >= 4 is 11.6 Å². The van der Waals surface area contributed by atoms with E-state index in [9.17, 15) is 14.9 Å². The van der Waals surface area contributed by atoms with Gasteiger partial charge in [0.25, 0.3) is 5.69 Å². The first-order valence-electron chi connectivity index (χ1n) is 7.23. The first-order valence-corrected chi connectivity index (χ1v) is 7.23. The molecular formula is C15H21N3O3. The quantitative estimate of drug-likeness (QED) is 0.679. The number of nitro groups is 1. The number of carbonyl (C=O) groups is 1. The highest BCUT2D eigenvalue weighted by Gasteiger charge is 2.27. The van der Waals surface area contributed by atoms with Gasteiger partial charge in [-0.25, -0.2) is 0 Å². The number of nitro benzene ring substituents is 1. The molecule has 1 aliphatic heterocycles. The van der Waals surface area contributed by atoms with E-state index in [1.165, 1.54) is 12.1 Å². The molecule has 114 valence electrons. The molecule has 2 unspecified atom stereocenters. The Bertz CT molecular complexity index is 533. The lowest BCUT2D eigenvalue weighted by atomic mass is 9.97. The van der Waals surface area contributed by atoms with Gasteiger partial charge in [-0.2, -0.15) is 0 Å². The molecule has 21 heavy (non-hydrogen) atoms. The summed E-state index contributed by atoms with van der Waals surface area (Å²) in [5.41, 5.74) is 0.722. The van der Waals surface area contributed by atoms with Crippen LogP contribution >= 0.6 is 0 Å². The molecule has 1 saturated heterocycles. The molecule has 1 N–H and O–H groups in total. The Balaban J connectivity index is 2.11. The predicted octanol–water partition coefficient (Wildman–Crippen LogP) is 1.91. The average Bonchev–Trinajstić information content (AvgIpc) is 2.53. The Morgan fingerprint density at radius 1 is 1.52 bits per heavy atom. The summed E-state index contributed by atoms with van der Waals surface area (Å²) in [6.45, 7) is 3.27. The van der Waals surface area contributed by atoms with Crippen molar-refractivity contribution in [3.8, 4) is 0 Å². The van der Waals surface area contributed by atoms with Gasteiger partial charge in [-0.05, 0) is 32.4 Å². The molecule has 1 amide bonds. The number of nitrogens with zero attached hydrogens (tertiary/aromatic N) is 2. The first-order chi connectivity index (χ1) is 10.0. The molecule has 0 radical (unpaired) electrons. The van der Waals surface area contributed by atoms with Crippen molar-refractivity contribution in [3.63, 3.8) is 0 Å². The molecule has 1 fully saturated rings. The Labute approximate surface area is 124 Å². The normalized spacial score (nSPS) is 20.1. The summed E-state index contributed by atoms with van der Waals surface area (Å²) in [4.78, 5) is 24.8. The largest absolute Gasteiger partial charge is 0.341 e. The van der Waals surface area contributed by atoms with Crippen molar-refractivity contribution in [1.29, 1.82) is 0 Å². The molecule has 0 aromatic heterocycles. The van der Waals surface area contributed by atoms with Crippen LogP contribution in [0.4, 0.5) is 5.69 Å². The van der Waals surface area contributed by atoms with E-state index in [1.807, 2.05) is 18.9 Å². The van der Waals surface area contributed by atoms with E-state index in [0.717, 1.165) is 19.4 Å². The van der Waals surface area contributed by atoms with Crippen LogP contribution in [0.5, 0.6) is 0 Å². The zero-order chi connectivity index (χ0) is 15.4. The lowest BCUT2D eigenvalue weighted by Gasteiger charge is -2.34. The molecule has 1 aliphatic rings. The molecule has 6 nitrogen and oxygen atoms in total. The second kappa shape index (κ2) is 6.67. The summed E-state index contributed by atoms with van der Waals surface area (Å²) in [7, 11) is 1.91. The number of hydrogen-bond acceptors (Lipinski definition) is 4. The van der Waals surface area contributed by atoms with Gasteiger partial charge >= 0.3 is 0 Å². The summed E-state index contributed by atoms with van der Waals surface area (Å²) in [5.74, 6) is -0.323. The number of carbonyl (C=O) groups excluding carboxylic acids is 1. The van der Waals surface area contributed by atoms with Gasteiger partial charge in [-0.15, -0.1) is 0 Å². The van der Waals surface area contributed by atoms with E-state index < -0.39 is 4.92 Å². The van der Waals surface area contributed by atoms with Gasteiger partial charge in [0.15, 0.2) is 0 Å². The van der Waals surface area contributed by atoms with Crippen LogP contribution in [0, 0.1) is 10.1 Å². The molecule has 1 aromatic rings.